The van der Waals surface area contributed by atoms with E-state index >= 15 is 0 Å². The van der Waals surface area contributed by atoms with Crippen molar-refractivity contribution in [1.82, 2.24) is 0 Å². The predicted octanol–water partition coefficient (Wildman–Crippen LogP) is 4.77. The lowest BCUT2D eigenvalue weighted by atomic mass is 10.1. The van der Waals surface area contributed by atoms with Crippen LogP contribution in [0.3, 0.4) is 0 Å². The molecule has 2 aromatic carbocycles. The summed E-state index contributed by atoms with van der Waals surface area (Å²) in [5.41, 5.74) is 1.69. The zero-order chi connectivity index (χ0) is 25.7. The molecule has 0 fully saturated rings. The summed E-state index contributed by atoms with van der Waals surface area (Å²) in [5, 5.41) is 0. The Balaban J connectivity index is 2.12. The molecule has 0 atom stereocenters. The summed E-state index contributed by atoms with van der Waals surface area (Å²) >= 11 is 0. The van der Waals surface area contributed by atoms with E-state index in [1.165, 1.54) is 0 Å². The molecule has 0 N–H and O–H groups in total. The molecule has 35 heavy (non-hydrogen) atoms. The van der Waals surface area contributed by atoms with Crippen molar-refractivity contribution in [3.05, 3.63) is 59.4 Å². The molecule has 0 aliphatic rings. The third-order valence-electron chi connectivity index (χ3n) is 4.62. The number of ether oxygens (including phenoxy) is 4. The van der Waals surface area contributed by atoms with Crippen LogP contribution >= 0.6 is 0 Å². The third kappa shape index (κ3) is 10.3. The monoisotopic (exact) mass is 506 g/mol. The van der Waals surface area contributed by atoms with Crippen LogP contribution in [0.1, 0.15) is 44.7 Å². The molecule has 0 heterocycles. The lowest BCUT2D eigenvalue weighted by Crippen LogP contribution is -2.10. The Bertz CT molecular complexity index is 1080. The van der Waals surface area contributed by atoms with Crippen LogP contribution in [0.2, 0.25) is 0 Å². The summed E-state index contributed by atoms with van der Waals surface area (Å²) < 4.78 is 49.8. The van der Waals surface area contributed by atoms with Gasteiger partial charge in [0.15, 0.2) is 11.5 Å². The van der Waals surface area contributed by atoms with E-state index in [0.29, 0.717) is 37.7 Å². The van der Waals surface area contributed by atoms with Gasteiger partial charge in [0.25, 0.3) is 0 Å². The normalized spacial score (nSPS) is 11.6. The van der Waals surface area contributed by atoms with Crippen molar-refractivity contribution in [2.75, 3.05) is 32.7 Å². The Morgan fingerprint density at radius 1 is 0.886 bits per heavy atom. The quantitative estimate of drug-likeness (QED) is 0.112. The van der Waals surface area contributed by atoms with Crippen molar-refractivity contribution >= 4 is 22.2 Å². The Morgan fingerprint density at radius 2 is 1.57 bits per heavy atom. The highest BCUT2D eigenvalue weighted by Crippen LogP contribution is 2.30. The molecule has 0 aliphatic carbocycles. The number of rotatable bonds is 15. The van der Waals surface area contributed by atoms with Gasteiger partial charge in [-0.1, -0.05) is 31.5 Å². The highest BCUT2D eigenvalue weighted by molar-refractivity contribution is 7.86. The maximum absolute atomic E-state index is 12.2. The van der Waals surface area contributed by atoms with Gasteiger partial charge in [-0.25, -0.2) is 4.79 Å². The molecular formula is C26H34O8S. The molecule has 0 radical (unpaired) electrons. The summed E-state index contributed by atoms with van der Waals surface area (Å²) in [6, 6.07) is 12.2. The van der Waals surface area contributed by atoms with Gasteiger partial charge in [0.05, 0.1) is 32.7 Å². The first-order valence-corrected chi connectivity index (χ1v) is 13.5. The summed E-state index contributed by atoms with van der Waals surface area (Å²) in [6.45, 7) is 7.15. The Labute approximate surface area is 207 Å². The topological polar surface area (TPSA) is 97.4 Å². The van der Waals surface area contributed by atoms with Gasteiger partial charge in [-0.2, -0.15) is 8.42 Å². The van der Waals surface area contributed by atoms with Crippen LogP contribution in [0.15, 0.2) is 48.2 Å². The number of hydrogen-bond donors (Lipinski definition) is 0. The van der Waals surface area contributed by atoms with Gasteiger partial charge in [0.2, 0.25) is 5.76 Å². The largest absolute Gasteiger partial charge is 0.490 e. The highest BCUT2D eigenvalue weighted by Gasteiger charge is 2.13. The predicted molar refractivity (Wildman–Crippen MR) is 134 cm³/mol. The fraction of sp³-hybridized carbons (Fsp3) is 0.423. The van der Waals surface area contributed by atoms with Gasteiger partial charge in [-0.3, -0.25) is 0 Å². The van der Waals surface area contributed by atoms with Crippen molar-refractivity contribution < 1.29 is 36.3 Å². The number of hydrogen-bond acceptors (Lipinski definition) is 8. The lowest BCUT2D eigenvalue weighted by molar-refractivity contribution is -0.142. The van der Waals surface area contributed by atoms with Crippen LogP contribution in [-0.2, 0) is 30.8 Å². The van der Waals surface area contributed by atoms with Crippen LogP contribution in [0.25, 0.3) is 6.08 Å². The van der Waals surface area contributed by atoms with E-state index in [1.54, 1.807) is 56.3 Å². The molecule has 0 bridgehead atoms. The Kier molecular flexibility index (Phi) is 11.4. The summed E-state index contributed by atoms with van der Waals surface area (Å²) in [4.78, 5) is 12.2. The van der Waals surface area contributed by atoms with Gasteiger partial charge in [-0.05, 0) is 61.7 Å². The molecule has 9 heteroatoms. The Hall–Kier alpha value is -3.20. The van der Waals surface area contributed by atoms with Gasteiger partial charge in [-0.15, -0.1) is 0 Å². The maximum Gasteiger partial charge on any atom is 0.373 e. The van der Waals surface area contributed by atoms with E-state index in [-0.39, 0.29) is 18.1 Å². The van der Waals surface area contributed by atoms with Crippen LogP contribution in [0.4, 0.5) is 0 Å². The molecule has 2 aromatic rings. The second-order valence-electron chi connectivity index (χ2n) is 7.60. The Morgan fingerprint density at radius 3 is 2.20 bits per heavy atom. The zero-order valence-corrected chi connectivity index (χ0v) is 21.6. The molecule has 0 spiro atoms. The number of carbonyl (C=O) groups is 1. The minimum Gasteiger partial charge on any atom is -0.490 e. The van der Waals surface area contributed by atoms with Crippen LogP contribution in [-0.4, -0.2) is 47.1 Å². The number of esters is 1. The molecule has 8 nitrogen and oxygen atoms in total. The molecule has 0 unspecified atom stereocenters. The fourth-order valence-corrected chi connectivity index (χ4v) is 3.47. The third-order valence-corrected chi connectivity index (χ3v) is 5.11. The van der Waals surface area contributed by atoms with Gasteiger partial charge in [0, 0.05) is 6.42 Å². The van der Waals surface area contributed by atoms with Crippen molar-refractivity contribution in [2.24, 2.45) is 0 Å². The molecular weight excluding hydrogens is 472 g/mol. The fourth-order valence-electron chi connectivity index (χ4n) is 3.01. The van der Waals surface area contributed by atoms with Gasteiger partial charge in [0.1, 0.15) is 5.75 Å². The molecule has 0 amide bonds. The first-order valence-electron chi connectivity index (χ1n) is 11.6. The maximum atomic E-state index is 12.2. The minimum atomic E-state index is -3.56. The second-order valence-corrected chi connectivity index (χ2v) is 9.18. The van der Waals surface area contributed by atoms with Gasteiger partial charge < -0.3 is 23.1 Å². The van der Waals surface area contributed by atoms with Crippen molar-refractivity contribution in [3.63, 3.8) is 0 Å². The standard InChI is InChI=1S/C26H34O8S/c1-5-8-16-32-24-18-21(19-25(30-6-2)26(27)31-7-3)11-14-23(24)33-17-15-20-9-12-22(13-10-20)34-35(4,28)29/h9-14,18-19H,5-8,15-17H2,1-4H3/b25-19-. The summed E-state index contributed by atoms with van der Waals surface area (Å²) in [7, 11) is -3.56. The molecule has 192 valence electrons. The highest BCUT2D eigenvalue weighted by atomic mass is 32.2. The smallest absolute Gasteiger partial charge is 0.373 e. The van der Waals surface area contributed by atoms with E-state index < -0.39 is 16.1 Å². The van der Waals surface area contributed by atoms with Crippen LogP contribution in [0, 0.1) is 0 Å². The number of benzene rings is 2. The van der Waals surface area contributed by atoms with Crippen LogP contribution < -0.4 is 13.7 Å². The summed E-state index contributed by atoms with van der Waals surface area (Å²) in [5.74, 6) is 1.04. The van der Waals surface area contributed by atoms with Crippen molar-refractivity contribution in [1.29, 1.82) is 0 Å². The minimum absolute atomic E-state index is 0.130. The average Bonchev–Trinajstić information content (AvgIpc) is 2.80. The van der Waals surface area contributed by atoms with E-state index in [9.17, 15) is 13.2 Å². The molecule has 0 aromatic heterocycles. The second kappa shape index (κ2) is 14.3. The van der Waals surface area contributed by atoms with Gasteiger partial charge >= 0.3 is 16.1 Å². The van der Waals surface area contributed by atoms with E-state index in [4.69, 9.17) is 23.1 Å². The first kappa shape index (κ1) is 28.0. The van der Waals surface area contributed by atoms with Crippen molar-refractivity contribution in [3.8, 4) is 17.2 Å². The lowest BCUT2D eigenvalue weighted by Gasteiger charge is -2.14. The van der Waals surface area contributed by atoms with Crippen LogP contribution in [0.5, 0.6) is 17.2 Å². The van der Waals surface area contributed by atoms with Crippen molar-refractivity contribution in [2.45, 2.75) is 40.0 Å². The zero-order valence-electron chi connectivity index (χ0n) is 20.7. The van der Waals surface area contributed by atoms with E-state index in [0.717, 1.165) is 30.2 Å². The molecule has 0 aliphatic heterocycles. The van der Waals surface area contributed by atoms with E-state index in [1.807, 2.05) is 6.07 Å². The SMILES string of the molecule is CCCCOc1cc(/C=C(\OCC)C(=O)OCC)ccc1OCCc1ccc(OS(C)(=O)=O)cc1. The van der Waals surface area contributed by atoms with E-state index in [2.05, 4.69) is 6.92 Å². The number of unbranched alkanes of at least 4 members (excludes halogenated alkanes) is 1. The summed E-state index contributed by atoms with van der Waals surface area (Å²) in [6.07, 6.45) is 5.12. The molecule has 0 saturated carbocycles. The molecule has 2 rings (SSSR count). The average molecular weight is 507 g/mol. The first-order chi connectivity index (χ1) is 16.8. The molecule has 0 saturated heterocycles. The number of carbonyl (C=O) groups excluding carboxylic acids is 1.